The van der Waals surface area contributed by atoms with Crippen molar-refractivity contribution in [2.24, 2.45) is 0 Å². The van der Waals surface area contributed by atoms with E-state index in [4.69, 9.17) is 34.8 Å². The van der Waals surface area contributed by atoms with Gasteiger partial charge in [0.2, 0.25) is 21.8 Å². The zero-order valence-electron chi connectivity index (χ0n) is 25.6. The molecule has 1 atom stereocenters. The number of carbonyl (C=O) groups excluding carboxylic acids is 2. The van der Waals surface area contributed by atoms with Gasteiger partial charge in [0.1, 0.15) is 6.04 Å². The van der Waals surface area contributed by atoms with E-state index in [1.165, 1.54) is 4.31 Å². The molecule has 1 aliphatic rings. The normalized spacial score (nSPS) is 14.5. The van der Waals surface area contributed by atoms with E-state index in [0.717, 1.165) is 49.5 Å². The van der Waals surface area contributed by atoms with Gasteiger partial charge in [0, 0.05) is 37.0 Å². The molecule has 7 nitrogen and oxygen atoms in total. The molecule has 2 amide bonds. The summed E-state index contributed by atoms with van der Waals surface area (Å²) in [6, 6.07) is 19.2. The van der Waals surface area contributed by atoms with E-state index in [1.807, 2.05) is 30.3 Å². The third-order valence-corrected chi connectivity index (χ3v) is 10.5. The van der Waals surface area contributed by atoms with Crippen molar-refractivity contribution in [2.75, 3.05) is 17.1 Å². The lowest BCUT2D eigenvalue weighted by molar-refractivity contribution is -0.141. The van der Waals surface area contributed by atoms with Gasteiger partial charge in [-0.3, -0.25) is 13.9 Å². The standard InChI is InChI=1S/C34H40Cl3N3O4S/c1-24-28(35)15-9-16-31(24)40(45(2,43)44)20-10-17-33(41)39(23-26-18-19-29(36)30(37)21-26)32(22-25-11-5-3-6-12-25)34(42)38-27-13-7-4-8-14-27/h3,5-6,9,11-12,15-16,18-19,21,27,32H,4,7-8,10,13-14,17,20,22-23H2,1-2H3,(H,38,42)/t32-/m1/s1. The topological polar surface area (TPSA) is 86.8 Å². The molecule has 1 fully saturated rings. The monoisotopic (exact) mass is 691 g/mol. The van der Waals surface area contributed by atoms with Crippen LogP contribution in [0.5, 0.6) is 0 Å². The van der Waals surface area contributed by atoms with Gasteiger partial charge in [-0.1, -0.05) is 96.5 Å². The van der Waals surface area contributed by atoms with Crippen LogP contribution < -0.4 is 9.62 Å². The lowest BCUT2D eigenvalue weighted by atomic mass is 9.94. The summed E-state index contributed by atoms with van der Waals surface area (Å²) in [6.45, 7) is 1.97. The van der Waals surface area contributed by atoms with Crippen molar-refractivity contribution >= 4 is 62.3 Å². The van der Waals surface area contributed by atoms with Crippen molar-refractivity contribution in [3.05, 3.63) is 98.5 Å². The Bertz CT molecular complexity index is 1580. The maximum atomic E-state index is 14.1. The van der Waals surface area contributed by atoms with Crippen molar-refractivity contribution in [1.29, 1.82) is 0 Å². The molecule has 0 spiro atoms. The molecule has 0 saturated heterocycles. The smallest absolute Gasteiger partial charge is 0.243 e. The Kier molecular flexibility index (Phi) is 12.6. The summed E-state index contributed by atoms with van der Waals surface area (Å²) in [6.07, 6.45) is 6.81. The van der Waals surface area contributed by atoms with Crippen molar-refractivity contribution in [3.63, 3.8) is 0 Å². The number of nitrogens with one attached hydrogen (secondary N) is 1. The van der Waals surface area contributed by atoms with Crippen LogP contribution in [0.15, 0.2) is 66.7 Å². The number of hydrogen-bond acceptors (Lipinski definition) is 4. The van der Waals surface area contributed by atoms with Gasteiger partial charge in [0.15, 0.2) is 0 Å². The molecule has 4 rings (SSSR count). The number of hydrogen-bond donors (Lipinski definition) is 1. The van der Waals surface area contributed by atoms with Crippen LogP contribution in [0.1, 0.15) is 61.6 Å². The van der Waals surface area contributed by atoms with E-state index >= 15 is 0 Å². The molecule has 1 saturated carbocycles. The quantitative estimate of drug-likeness (QED) is 0.200. The highest BCUT2D eigenvalue weighted by atomic mass is 35.5. The van der Waals surface area contributed by atoms with Crippen LogP contribution in [0.4, 0.5) is 5.69 Å². The van der Waals surface area contributed by atoms with Gasteiger partial charge in [-0.25, -0.2) is 8.42 Å². The first kappa shape index (κ1) is 35.1. The van der Waals surface area contributed by atoms with Crippen LogP contribution in [0.3, 0.4) is 0 Å². The molecule has 0 heterocycles. The molecular formula is C34H40Cl3N3O4S. The minimum atomic E-state index is -3.66. The molecule has 1 N–H and O–H groups in total. The predicted molar refractivity (Wildman–Crippen MR) is 184 cm³/mol. The summed E-state index contributed by atoms with van der Waals surface area (Å²) >= 11 is 18.8. The van der Waals surface area contributed by atoms with Gasteiger partial charge in [-0.15, -0.1) is 0 Å². The molecule has 0 aromatic heterocycles. The van der Waals surface area contributed by atoms with Crippen LogP contribution in [-0.4, -0.2) is 50.0 Å². The molecule has 0 unspecified atom stereocenters. The second-order valence-electron chi connectivity index (χ2n) is 11.6. The summed E-state index contributed by atoms with van der Waals surface area (Å²) in [7, 11) is -3.66. The predicted octanol–water partition coefficient (Wildman–Crippen LogP) is 7.59. The number of halogens is 3. The molecule has 3 aromatic carbocycles. The molecule has 3 aromatic rings. The minimum Gasteiger partial charge on any atom is -0.352 e. The first-order valence-corrected chi connectivity index (χ1v) is 18.2. The first-order chi connectivity index (χ1) is 21.4. The van der Waals surface area contributed by atoms with E-state index in [9.17, 15) is 18.0 Å². The number of rotatable bonds is 13. The maximum absolute atomic E-state index is 14.1. The van der Waals surface area contributed by atoms with Gasteiger partial charge >= 0.3 is 0 Å². The number of amides is 2. The highest BCUT2D eigenvalue weighted by Crippen LogP contribution is 2.29. The third-order valence-electron chi connectivity index (χ3n) is 8.22. The molecule has 0 radical (unpaired) electrons. The van der Waals surface area contributed by atoms with E-state index in [0.29, 0.717) is 32.7 Å². The summed E-state index contributed by atoms with van der Waals surface area (Å²) in [5.74, 6) is -0.469. The fourth-order valence-electron chi connectivity index (χ4n) is 5.78. The molecule has 11 heteroatoms. The highest BCUT2D eigenvalue weighted by molar-refractivity contribution is 7.92. The number of benzene rings is 3. The zero-order chi connectivity index (χ0) is 32.6. The Hall–Kier alpha value is -2.78. The van der Waals surface area contributed by atoms with Gasteiger partial charge in [-0.05, 0) is 67.1 Å². The van der Waals surface area contributed by atoms with Crippen LogP contribution in [0.25, 0.3) is 0 Å². The average Bonchev–Trinajstić information content (AvgIpc) is 3.01. The Labute approximate surface area is 281 Å². The third kappa shape index (κ3) is 9.85. The summed E-state index contributed by atoms with van der Waals surface area (Å²) < 4.78 is 26.9. The van der Waals surface area contributed by atoms with Crippen molar-refractivity contribution in [3.8, 4) is 0 Å². The number of carbonyl (C=O) groups is 2. The second kappa shape index (κ2) is 16.2. The molecule has 0 aliphatic heterocycles. The number of anilines is 1. The summed E-state index contributed by atoms with van der Waals surface area (Å²) in [4.78, 5) is 29.7. The molecular weight excluding hydrogens is 653 g/mol. The highest BCUT2D eigenvalue weighted by Gasteiger charge is 2.32. The first-order valence-electron chi connectivity index (χ1n) is 15.2. The van der Waals surface area contributed by atoms with E-state index in [-0.39, 0.29) is 43.8 Å². The van der Waals surface area contributed by atoms with Crippen LogP contribution in [0.2, 0.25) is 15.1 Å². The molecule has 0 bridgehead atoms. The Morgan fingerprint density at radius 2 is 1.60 bits per heavy atom. The SMILES string of the molecule is Cc1c(Cl)cccc1N(CCCC(=O)N(Cc1ccc(Cl)c(Cl)c1)[C@H](Cc1ccccc1)C(=O)NC1CCCCC1)S(C)(=O)=O. The Morgan fingerprint density at radius 3 is 2.27 bits per heavy atom. The summed E-state index contributed by atoms with van der Waals surface area (Å²) in [5, 5.41) is 4.43. The lowest BCUT2D eigenvalue weighted by Crippen LogP contribution is -2.53. The zero-order valence-corrected chi connectivity index (χ0v) is 28.7. The van der Waals surface area contributed by atoms with Gasteiger partial charge in [0.25, 0.3) is 0 Å². The van der Waals surface area contributed by atoms with Crippen molar-refractivity contribution in [2.45, 2.75) is 76.9 Å². The molecule has 1 aliphatic carbocycles. The number of sulfonamides is 1. The molecule has 242 valence electrons. The van der Waals surface area contributed by atoms with Crippen LogP contribution in [0, 0.1) is 6.92 Å². The van der Waals surface area contributed by atoms with Crippen LogP contribution >= 0.6 is 34.8 Å². The second-order valence-corrected chi connectivity index (χ2v) is 14.8. The largest absolute Gasteiger partial charge is 0.352 e. The van der Waals surface area contributed by atoms with Gasteiger partial charge < -0.3 is 10.2 Å². The van der Waals surface area contributed by atoms with Gasteiger partial charge in [0.05, 0.1) is 22.0 Å². The lowest BCUT2D eigenvalue weighted by Gasteiger charge is -2.34. The van der Waals surface area contributed by atoms with Crippen LogP contribution in [-0.2, 0) is 32.6 Å². The maximum Gasteiger partial charge on any atom is 0.243 e. The Balaban J connectivity index is 1.62. The van der Waals surface area contributed by atoms with Gasteiger partial charge in [-0.2, -0.15) is 0 Å². The molecule has 45 heavy (non-hydrogen) atoms. The fourth-order valence-corrected chi connectivity index (χ4v) is 7.29. The van der Waals surface area contributed by atoms with E-state index in [2.05, 4.69) is 5.32 Å². The summed E-state index contributed by atoms with van der Waals surface area (Å²) in [5.41, 5.74) is 2.76. The average molecular weight is 693 g/mol. The van der Waals surface area contributed by atoms with Crippen molar-refractivity contribution in [1.82, 2.24) is 10.2 Å². The number of nitrogens with zero attached hydrogens (tertiary/aromatic N) is 2. The van der Waals surface area contributed by atoms with Crippen molar-refractivity contribution < 1.29 is 18.0 Å². The van der Waals surface area contributed by atoms with E-state index in [1.54, 1.807) is 48.2 Å². The fraction of sp³-hybridized carbons (Fsp3) is 0.412. The Morgan fingerprint density at radius 1 is 0.889 bits per heavy atom. The minimum absolute atomic E-state index is 0.0228. The van der Waals surface area contributed by atoms with E-state index < -0.39 is 16.1 Å².